The highest BCUT2D eigenvalue weighted by molar-refractivity contribution is 5.90. The van der Waals surface area contributed by atoms with E-state index < -0.39 is 5.82 Å². The summed E-state index contributed by atoms with van der Waals surface area (Å²) in [4.78, 5) is 14.3. The van der Waals surface area contributed by atoms with Crippen LogP contribution < -0.4 is 10.1 Å². The molecule has 0 spiro atoms. The Balaban J connectivity index is 1.75. The van der Waals surface area contributed by atoms with E-state index in [9.17, 15) is 9.18 Å². The lowest BCUT2D eigenvalue weighted by Crippen LogP contribution is -2.34. The molecule has 1 atom stereocenters. The zero-order valence-corrected chi connectivity index (χ0v) is 13.0. The van der Waals surface area contributed by atoms with Crippen LogP contribution in [0.4, 0.5) is 14.9 Å². The maximum atomic E-state index is 13.7. The van der Waals surface area contributed by atoms with E-state index >= 15 is 0 Å². The molecule has 1 fully saturated rings. The number of amides is 2. The van der Waals surface area contributed by atoms with Gasteiger partial charge >= 0.3 is 6.03 Å². The van der Waals surface area contributed by atoms with Crippen LogP contribution in [-0.2, 0) is 0 Å². The van der Waals surface area contributed by atoms with Gasteiger partial charge in [-0.3, -0.25) is 0 Å². The number of hydrogen-bond donors (Lipinski definition) is 1. The standard InChI is InChI=1S/C18H19FN2O2/c1-23-14-10-8-13(9-11-14)17-7-4-12-21(17)18(22)20-16-6-3-2-5-15(16)19/h2-3,5-6,8-11,17H,4,7,12H2,1H3,(H,20,22). The number of methoxy groups -OCH3 is 1. The number of nitrogens with one attached hydrogen (secondary N) is 1. The molecule has 120 valence electrons. The number of halogens is 1. The molecule has 1 unspecified atom stereocenters. The van der Waals surface area contributed by atoms with Crippen molar-refractivity contribution in [1.29, 1.82) is 0 Å². The average Bonchev–Trinajstić information content (AvgIpc) is 3.07. The molecule has 4 nitrogen and oxygen atoms in total. The number of hydrogen-bond acceptors (Lipinski definition) is 2. The first-order chi connectivity index (χ1) is 11.2. The van der Waals surface area contributed by atoms with Gasteiger partial charge in [0.25, 0.3) is 0 Å². The predicted octanol–water partition coefficient (Wildman–Crippen LogP) is 4.20. The second kappa shape index (κ2) is 6.69. The summed E-state index contributed by atoms with van der Waals surface area (Å²) in [6.07, 6.45) is 1.83. The molecular formula is C18H19FN2O2. The minimum atomic E-state index is -0.430. The summed E-state index contributed by atoms with van der Waals surface area (Å²) < 4.78 is 18.9. The monoisotopic (exact) mass is 314 g/mol. The minimum absolute atomic E-state index is 0.00711. The highest BCUT2D eigenvalue weighted by Gasteiger charge is 2.30. The van der Waals surface area contributed by atoms with Gasteiger partial charge in [0, 0.05) is 6.54 Å². The van der Waals surface area contributed by atoms with Gasteiger partial charge in [-0.25, -0.2) is 9.18 Å². The van der Waals surface area contributed by atoms with Crippen LogP contribution in [-0.4, -0.2) is 24.6 Å². The zero-order valence-electron chi connectivity index (χ0n) is 13.0. The van der Waals surface area contributed by atoms with Crippen molar-refractivity contribution in [3.8, 4) is 5.75 Å². The number of carbonyl (C=O) groups excluding carboxylic acids is 1. The predicted molar refractivity (Wildman–Crippen MR) is 87.1 cm³/mol. The highest BCUT2D eigenvalue weighted by Crippen LogP contribution is 2.33. The SMILES string of the molecule is COc1ccc(C2CCCN2C(=O)Nc2ccccc2F)cc1. The summed E-state index contributed by atoms with van der Waals surface area (Å²) in [5.74, 6) is 0.357. The smallest absolute Gasteiger partial charge is 0.322 e. The van der Waals surface area contributed by atoms with Gasteiger partial charge in [-0.1, -0.05) is 24.3 Å². The second-order valence-corrected chi connectivity index (χ2v) is 5.53. The van der Waals surface area contributed by atoms with E-state index in [2.05, 4.69) is 5.32 Å². The molecule has 0 radical (unpaired) electrons. The van der Waals surface area contributed by atoms with Crippen LogP contribution in [0.15, 0.2) is 48.5 Å². The lowest BCUT2D eigenvalue weighted by Gasteiger charge is -2.25. The Bertz CT molecular complexity index is 688. The Morgan fingerprint density at radius 1 is 1.22 bits per heavy atom. The molecule has 1 heterocycles. The average molecular weight is 314 g/mol. The van der Waals surface area contributed by atoms with E-state index in [1.54, 1.807) is 30.2 Å². The molecule has 0 aliphatic carbocycles. The Kier molecular flexibility index (Phi) is 4.46. The lowest BCUT2D eigenvalue weighted by atomic mass is 10.0. The van der Waals surface area contributed by atoms with E-state index in [0.717, 1.165) is 24.2 Å². The number of carbonyl (C=O) groups is 1. The first kappa shape index (κ1) is 15.3. The number of likely N-dealkylation sites (tertiary alicyclic amines) is 1. The maximum Gasteiger partial charge on any atom is 0.322 e. The van der Waals surface area contributed by atoms with E-state index in [1.165, 1.54) is 6.07 Å². The van der Waals surface area contributed by atoms with Crippen molar-refractivity contribution in [2.24, 2.45) is 0 Å². The summed E-state index contributed by atoms with van der Waals surface area (Å²) >= 11 is 0. The van der Waals surface area contributed by atoms with Crippen LogP contribution in [0.5, 0.6) is 5.75 Å². The molecule has 1 saturated heterocycles. The quantitative estimate of drug-likeness (QED) is 0.922. The van der Waals surface area contributed by atoms with Gasteiger partial charge in [0.1, 0.15) is 11.6 Å². The maximum absolute atomic E-state index is 13.7. The minimum Gasteiger partial charge on any atom is -0.497 e. The Morgan fingerprint density at radius 3 is 2.65 bits per heavy atom. The molecule has 2 aromatic rings. The molecule has 1 aliphatic rings. The van der Waals surface area contributed by atoms with Gasteiger partial charge in [0.2, 0.25) is 0 Å². The van der Waals surface area contributed by atoms with Gasteiger partial charge in [-0.05, 0) is 42.7 Å². The van der Waals surface area contributed by atoms with Crippen LogP contribution in [0.3, 0.4) is 0 Å². The van der Waals surface area contributed by atoms with E-state index in [1.807, 2.05) is 24.3 Å². The molecule has 23 heavy (non-hydrogen) atoms. The summed E-state index contributed by atoms with van der Waals surface area (Å²) in [5, 5.41) is 2.66. The number of nitrogens with zero attached hydrogens (tertiary/aromatic N) is 1. The Labute approximate surface area is 134 Å². The molecule has 0 bridgehead atoms. The zero-order chi connectivity index (χ0) is 16.2. The van der Waals surface area contributed by atoms with Gasteiger partial charge in [-0.15, -0.1) is 0 Å². The van der Waals surface area contributed by atoms with Gasteiger partial charge < -0.3 is 15.0 Å². The van der Waals surface area contributed by atoms with Crippen molar-refractivity contribution in [2.75, 3.05) is 19.0 Å². The van der Waals surface area contributed by atoms with Crippen molar-refractivity contribution in [2.45, 2.75) is 18.9 Å². The molecular weight excluding hydrogens is 295 g/mol. The third-order valence-electron chi connectivity index (χ3n) is 4.13. The largest absolute Gasteiger partial charge is 0.497 e. The third-order valence-corrected chi connectivity index (χ3v) is 4.13. The van der Waals surface area contributed by atoms with Crippen molar-refractivity contribution in [1.82, 2.24) is 4.90 Å². The van der Waals surface area contributed by atoms with Crippen molar-refractivity contribution >= 4 is 11.7 Å². The molecule has 1 N–H and O–H groups in total. The third kappa shape index (κ3) is 3.28. The first-order valence-electron chi connectivity index (χ1n) is 7.65. The van der Waals surface area contributed by atoms with Crippen LogP contribution in [0, 0.1) is 5.82 Å². The number of benzene rings is 2. The summed E-state index contributed by atoms with van der Waals surface area (Å²) in [7, 11) is 1.62. The van der Waals surface area contributed by atoms with Crippen LogP contribution in [0.1, 0.15) is 24.4 Å². The molecule has 0 aromatic heterocycles. The fourth-order valence-corrected chi connectivity index (χ4v) is 2.93. The molecule has 2 aromatic carbocycles. The first-order valence-corrected chi connectivity index (χ1v) is 7.65. The summed E-state index contributed by atoms with van der Waals surface area (Å²) in [6.45, 7) is 0.664. The van der Waals surface area contributed by atoms with Crippen LogP contribution >= 0.6 is 0 Å². The van der Waals surface area contributed by atoms with E-state index in [-0.39, 0.29) is 17.8 Å². The van der Waals surface area contributed by atoms with Crippen LogP contribution in [0.2, 0.25) is 0 Å². The molecule has 5 heteroatoms. The molecule has 1 aliphatic heterocycles. The Hall–Kier alpha value is -2.56. The van der Waals surface area contributed by atoms with Crippen molar-refractivity contribution in [3.05, 3.63) is 59.9 Å². The number of rotatable bonds is 3. The summed E-state index contributed by atoms with van der Waals surface area (Å²) in [5.41, 5.74) is 1.27. The van der Waals surface area contributed by atoms with Gasteiger partial charge in [-0.2, -0.15) is 0 Å². The number of anilines is 1. The normalized spacial score (nSPS) is 17.1. The van der Waals surface area contributed by atoms with Crippen molar-refractivity contribution in [3.63, 3.8) is 0 Å². The topological polar surface area (TPSA) is 41.6 Å². The lowest BCUT2D eigenvalue weighted by molar-refractivity contribution is 0.207. The fourth-order valence-electron chi connectivity index (χ4n) is 2.93. The van der Waals surface area contributed by atoms with Gasteiger partial charge in [0.05, 0.1) is 18.8 Å². The van der Waals surface area contributed by atoms with E-state index in [4.69, 9.17) is 4.74 Å². The molecule has 2 amide bonds. The number of urea groups is 1. The van der Waals surface area contributed by atoms with Crippen molar-refractivity contribution < 1.29 is 13.9 Å². The summed E-state index contributed by atoms with van der Waals surface area (Å²) in [6, 6.07) is 13.6. The van der Waals surface area contributed by atoms with E-state index in [0.29, 0.717) is 6.54 Å². The number of para-hydroxylation sites is 1. The second-order valence-electron chi connectivity index (χ2n) is 5.53. The Morgan fingerprint density at radius 2 is 1.96 bits per heavy atom. The molecule has 3 rings (SSSR count). The van der Waals surface area contributed by atoms with Crippen LogP contribution in [0.25, 0.3) is 0 Å². The van der Waals surface area contributed by atoms with Gasteiger partial charge in [0.15, 0.2) is 0 Å². The molecule has 0 saturated carbocycles. The number of ether oxygens (including phenoxy) is 1. The fraction of sp³-hybridized carbons (Fsp3) is 0.278. The highest BCUT2D eigenvalue weighted by atomic mass is 19.1.